The number of rotatable bonds is 9. The van der Waals surface area contributed by atoms with Crippen LogP contribution < -0.4 is 20.2 Å². The number of carbonyl (C=O) groups excluding carboxylic acids is 2. The van der Waals surface area contributed by atoms with Crippen molar-refractivity contribution in [3.05, 3.63) is 59.2 Å². The molecule has 1 atom stereocenters. The van der Waals surface area contributed by atoms with Gasteiger partial charge >= 0.3 is 0 Å². The van der Waals surface area contributed by atoms with E-state index in [1.165, 1.54) is 13.3 Å². The second-order valence-corrected chi connectivity index (χ2v) is 7.20. The van der Waals surface area contributed by atoms with Crippen LogP contribution in [0, 0.1) is 25.2 Å². The summed E-state index contributed by atoms with van der Waals surface area (Å²) in [5.41, 5.74) is 4.72. The Balaban J connectivity index is 2.02. The first-order chi connectivity index (χ1) is 14.8. The Hall–Kier alpha value is -3.79. The molecule has 2 N–H and O–H groups in total. The molecule has 2 amide bonds. The summed E-state index contributed by atoms with van der Waals surface area (Å²) in [5.74, 6) is 2.55. The largest absolute Gasteiger partial charge is 0.493 e. The van der Waals surface area contributed by atoms with Crippen LogP contribution in [0.4, 0.5) is 0 Å². The summed E-state index contributed by atoms with van der Waals surface area (Å²) in [7, 11) is 1.52. The molecule has 0 heterocycles. The zero-order valence-corrected chi connectivity index (χ0v) is 18.1. The minimum Gasteiger partial charge on any atom is -0.493 e. The summed E-state index contributed by atoms with van der Waals surface area (Å²) in [4.78, 5) is 25.1. The zero-order valence-electron chi connectivity index (χ0n) is 18.1. The normalized spacial score (nSPS) is 11.6. The van der Waals surface area contributed by atoms with Gasteiger partial charge in [0, 0.05) is 5.56 Å². The van der Waals surface area contributed by atoms with Crippen molar-refractivity contribution in [3.8, 4) is 23.8 Å². The van der Waals surface area contributed by atoms with Crippen LogP contribution in [-0.4, -0.2) is 37.8 Å². The summed E-state index contributed by atoms with van der Waals surface area (Å²) in [6.45, 7) is 5.77. The number of nitrogens with zero attached hydrogens (tertiary/aromatic N) is 1. The fourth-order valence-electron chi connectivity index (χ4n) is 2.71. The van der Waals surface area contributed by atoms with Crippen molar-refractivity contribution < 1.29 is 19.1 Å². The maximum atomic E-state index is 12.6. The maximum absolute atomic E-state index is 12.6. The van der Waals surface area contributed by atoms with Gasteiger partial charge in [0.25, 0.3) is 11.8 Å². The Morgan fingerprint density at radius 2 is 1.87 bits per heavy atom. The summed E-state index contributed by atoms with van der Waals surface area (Å²) < 4.78 is 10.7. The van der Waals surface area contributed by atoms with Crippen LogP contribution in [0.1, 0.15) is 35.3 Å². The van der Waals surface area contributed by atoms with Gasteiger partial charge in [-0.15, -0.1) is 6.42 Å². The van der Waals surface area contributed by atoms with Crippen molar-refractivity contribution >= 4 is 18.0 Å². The third kappa shape index (κ3) is 6.89. The molecule has 0 spiro atoms. The van der Waals surface area contributed by atoms with E-state index in [0.717, 1.165) is 5.56 Å². The average Bonchev–Trinajstić information content (AvgIpc) is 2.76. The van der Waals surface area contributed by atoms with Gasteiger partial charge in [-0.2, -0.15) is 5.10 Å². The lowest BCUT2D eigenvalue weighted by Crippen LogP contribution is -2.48. The predicted molar refractivity (Wildman–Crippen MR) is 120 cm³/mol. The number of carbonyl (C=O) groups is 2. The number of benzene rings is 2. The molecule has 7 heteroatoms. The molecule has 0 saturated carbocycles. The maximum Gasteiger partial charge on any atom is 0.262 e. The minimum atomic E-state index is -0.736. The second-order valence-electron chi connectivity index (χ2n) is 7.20. The molecule has 7 nitrogen and oxygen atoms in total. The number of methoxy groups -OCH3 is 1. The van der Waals surface area contributed by atoms with E-state index >= 15 is 0 Å². The van der Waals surface area contributed by atoms with Crippen molar-refractivity contribution in [3.63, 3.8) is 0 Å². The van der Waals surface area contributed by atoms with Crippen molar-refractivity contribution in [2.24, 2.45) is 11.0 Å². The topological polar surface area (TPSA) is 89.0 Å². The van der Waals surface area contributed by atoms with E-state index in [9.17, 15) is 9.59 Å². The lowest BCUT2D eigenvalue weighted by atomic mass is 10.0. The van der Waals surface area contributed by atoms with Crippen LogP contribution in [-0.2, 0) is 4.79 Å². The highest BCUT2D eigenvalue weighted by atomic mass is 16.5. The third-order valence-electron chi connectivity index (χ3n) is 4.44. The third-order valence-corrected chi connectivity index (χ3v) is 4.44. The minimum absolute atomic E-state index is 0.128. The van der Waals surface area contributed by atoms with Gasteiger partial charge < -0.3 is 14.8 Å². The van der Waals surface area contributed by atoms with Crippen molar-refractivity contribution in [1.29, 1.82) is 0 Å². The van der Waals surface area contributed by atoms with Crippen LogP contribution in [0.2, 0.25) is 0 Å². The van der Waals surface area contributed by atoms with E-state index in [0.29, 0.717) is 22.6 Å². The van der Waals surface area contributed by atoms with E-state index in [1.807, 2.05) is 32.9 Å². The first-order valence-electron chi connectivity index (χ1n) is 9.80. The van der Waals surface area contributed by atoms with Gasteiger partial charge in [0.05, 0.1) is 13.3 Å². The molecule has 0 bridgehead atoms. The quantitative estimate of drug-likeness (QED) is 0.370. The van der Waals surface area contributed by atoms with Gasteiger partial charge in [0.1, 0.15) is 12.6 Å². The number of ether oxygens (including phenoxy) is 2. The van der Waals surface area contributed by atoms with Gasteiger partial charge in [0.2, 0.25) is 0 Å². The number of aryl methyl sites for hydroxylation is 1. The van der Waals surface area contributed by atoms with Crippen LogP contribution in [0.3, 0.4) is 0 Å². The van der Waals surface area contributed by atoms with Gasteiger partial charge in [0.15, 0.2) is 11.5 Å². The molecular formula is C24H27N3O4. The van der Waals surface area contributed by atoms with Crippen molar-refractivity contribution in [1.82, 2.24) is 10.7 Å². The highest BCUT2D eigenvalue weighted by Crippen LogP contribution is 2.27. The van der Waals surface area contributed by atoms with Crippen LogP contribution in [0.15, 0.2) is 47.6 Å². The smallest absolute Gasteiger partial charge is 0.262 e. The molecule has 2 aromatic carbocycles. The van der Waals surface area contributed by atoms with Crippen LogP contribution in [0.5, 0.6) is 11.5 Å². The molecule has 0 aliphatic heterocycles. The molecule has 2 rings (SSSR count). The fraction of sp³-hybridized carbons (Fsp3) is 0.292. The summed E-state index contributed by atoms with van der Waals surface area (Å²) >= 11 is 0. The Bertz CT molecular complexity index is 975. The number of hydrogen-bond donors (Lipinski definition) is 2. The zero-order chi connectivity index (χ0) is 22.8. The van der Waals surface area contributed by atoms with E-state index in [2.05, 4.69) is 21.8 Å². The monoisotopic (exact) mass is 421 g/mol. The molecule has 0 radical (unpaired) electrons. The lowest BCUT2D eigenvalue weighted by molar-refractivity contribution is -0.123. The van der Waals surface area contributed by atoms with Gasteiger partial charge in [-0.25, -0.2) is 5.43 Å². The molecule has 0 fully saturated rings. The first kappa shape index (κ1) is 23.5. The molecule has 0 saturated heterocycles. The van der Waals surface area contributed by atoms with Crippen LogP contribution in [0.25, 0.3) is 0 Å². The van der Waals surface area contributed by atoms with Crippen molar-refractivity contribution in [2.75, 3.05) is 13.7 Å². The van der Waals surface area contributed by atoms with Gasteiger partial charge in [-0.1, -0.05) is 37.5 Å². The molecule has 0 aliphatic carbocycles. The Kier molecular flexibility index (Phi) is 8.64. The number of terminal acetylenes is 1. The Labute approximate surface area is 182 Å². The van der Waals surface area contributed by atoms with E-state index < -0.39 is 11.9 Å². The molecule has 0 aromatic heterocycles. The van der Waals surface area contributed by atoms with E-state index in [1.54, 1.807) is 30.3 Å². The number of hydrogen-bond acceptors (Lipinski definition) is 5. The molecule has 2 aromatic rings. The lowest BCUT2D eigenvalue weighted by Gasteiger charge is -2.20. The molecule has 0 unspecified atom stereocenters. The Morgan fingerprint density at radius 3 is 2.48 bits per heavy atom. The average molecular weight is 421 g/mol. The highest BCUT2D eigenvalue weighted by Gasteiger charge is 2.24. The highest BCUT2D eigenvalue weighted by molar-refractivity contribution is 5.97. The molecule has 0 aliphatic rings. The predicted octanol–water partition coefficient (Wildman–Crippen LogP) is 2.92. The molecule has 162 valence electrons. The number of amides is 2. The van der Waals surface area contributed by atoms with Gasteiger partial charge in [-0.3, -0.25) is 9.59 Å². The summed E-state index contributed by atoms with van der Waals surface area (Å²) in [6, 6.07) is 11.6. The summed E-state index contributed by atoms with van der Waals surface area (Å²) in [5, 5.41) is 6.77. The number of nitrogens with one attached hydrogen (secondary N) is 2. The summed E-state index contributed by atoms with van der Waals surface area (Å²) in [6.07, 6.45) is 6.68. The Morgan fingerprint density at radius 1 is 1.16 bits per heavy atom. The standard InChI is InChI=1S/C24H27N3O4/c1-6-13-31-20-12-9-18(14-21(20)30-5)15-25-27-24(29)22(16(2)3)26-23(28)19-10-7-17(4)8-11-19/h1,7-12,14-16,22H,13H2,2-5H3,(H,26,28)(H,27,29)/b25-15-/t22-/m0/s1. The number of hydrazone groups is 1. The van der Waals surface area contributed by atoms with E-state index in [-0.39, 0.29) is 18.4 Å². The van der Waals surface area contributed by atoms with Crippen LogP contribution >= 0.6 is 0 Å². The fourth-order valence-corrected chi connectivity index (χ4v) is 2.71. The van der Waals surface area contributed by atoms with Gasteiger partial charge in [-0.05, 0) is 48.7 Å². The first-order valence-corrected chi connectivity index (χ1v) is 9.80. The molecular weight excluding hydrogens is 394 g/mol. The van der Waals surface area contributed by atoms with Crippen molar-refractivity contribution in [2.45, 2.75) is 26.8 Å². The molecule has 31 heavy (non-hydrogen) atoms. The second kappa shape index (κ2) is 11.4. The SMILES string of the molecule is C#CCOc1ccc(/C=N\NC(=O)[C@@H](NC(=O)c2ccc(C)cc2)C(C)C)cc1OC. The van der Waals surface area contributed by atoms with E-state index in [4.69, 9.17) is 15.9 Å².